The summed E-state index contributed by atoms with van der Waals surface area (Å²) in [5.41, 5.74) is 1.25. The molecule has 1 aliphatic rings. The fourth-order valence-corrected chi connectivity index (χ4v) is 3.00. The summed E-state index contributed by atoms with van der Waals surface area (Å²) < 4.78 is 1.13. The summed E-state index contributed by atoms with van der Waals surface area (Å²) in [6.45, 7) is 2.14. The summed E-state index contributed by atoms with van der Waals surface area (Å²) in [7, 11) is 0. The Labute approximate surface area is 105 Å². The highest BCUT2D eigenvalue weighted by Crippen LogP contribution is 2.26. The van der Waals surface area contributed by atoms with E-state index < -0.39 is 0 Å². The zero-order valence-corrected chi connectivity index (χ0v) is 11.1. The lowest BCUT2D eigenvalue weighted by molar-refractivity contribution is 0.144. The normalized spacial score (nSPS) is 26.9. The molecule has 1 aliphatic carbocycles. The van der Waals surface area contributed by atoms with E-state index in [2.05, 4.69) is 40.3 Å². The van der Waals surface area contributed by atoms with Gasteiger partial charge in [-0.25, -0.2) is 0 Å². The number of hydrogen-bond acceptors (Lipinski definition) is 2. The molecule has 3 atom stereocenters. The van der Waals surface area contributed by atoms with Crippen molar-refractivity contribution in [2.45, 2.75) is 44.4 Å². The first-order valence-electron chi connectivity index (χ1n) is 5.87. The van der Waals surface area contributed by atoms with E-state index in [9.17, 15) is 5.11 Å². The van der Waals surface area contributed by atoms with Crippen LogP contribution in [0.5, 0.6) is 0 Å². The van der Waals surface area contributed by atoms with E-state index in [-0.39, 0.29) is 18.2 Å². The second-order valence-corrected chi connectivity index (χ2v) is 5.37. The minimum absolute atomic E-state index is 0.176. The highest BCUT2D eigenvalue weighted by atomic mass is 79.9. The van der Waals surface area contributed by atoms with Crippen molar-refractivity contribution in [3.8, 4) is 0 Å². The van der Waals surface area contributed by atoms with Gasteiger partial charge in [0.15, 0.2) is 0 Å². The monoisotopic (exact) mass is 283 g/mol. The lowest BCUT2D eigenvalue weighted by atomic mass is 10.1. The van der Waals surface area contributed by atoms with E-state index in [0.29, 0.717) is 0 Å². The Bertz CT molecular complexity index is 356. The fraction of sp³-hybridized carbons (Fsp3) is 0.538. The van der Waals surface area contributed by atoms with Crippen molar-refractivity contribution in [3.05, 3.63) is 34.3 Å². The Morgan fingerprint density at radius 1 is 1.38 bits per heavy atom. The molecule has 2 nitrogen and oxygen atoms in total. The molecule has 1 aromatic rings. The van der Waals surface area contributed by atoms with Crippen LogP contribution in [0.15, 0.2) is 28.7 Å². The molecule has 16 heavy (non-hydrogen) atoms. The first kappa shape index (κ1) is 12.1. The molecule has 3 heteroatoms. The van der Waals surface area contributed by atoms with Crippen LogP contribution in [-0.2, 0) is 0 Å². The molecule has 0 heterocycles. The number of halogens is 1. The van der Waals surface area contributed by atoms with Crippen LogP contribution < -0.4 is 5.32 Å². The molecule has 1 saturated carbocycles. The quantitative estimate of drug-likeness (QED) is 0.894. The number of rotatable bonds is 3. The number of nitrogens with one attached hydrogen (secondary N) is 1. The SMILES string of the molecule is C[C@@H](NC1CCCC1O)c1ccccc1Br. The average molecular weight is 284 g/mol. The Balaban J connectivity index is 2.03. The summed E-state index contributed by atoms with van der Waals surface area (Å²) in [4.78, 5) is 0. The van der Waals surface area contributed by atoms with Gasteiger partial charge in [0, 0.05) is 16.6 Å². The topological polar surface area (TPSA) is 32.3 Å². The van der Waals surface area contributed by atoms with Crippen LogP contribution >= 0.6 is 15.9 Å². The van der Waals surface area contributed by atoms with Gasteiger partial charge in [0.05, 0.1) is 6.10 Å². The zero-order chi connectivity index (χ0) is 11.5. The lowest BCUT2D eigenvalue weighted by Crippen LogP contribution is -2.37. The molecular weight excluding hydrogens is 266 g/mol. The zero-order valence-electron chi connectivity index (χ0n) is 9.49. The molecule has 0 spiro atoms. The van der Waals surface area contributed by atoms with Gasteiger partial charge in [-0.1, -0.05) is 34.1 Å². The van der Waals surface area contributed by atoms with Crippen molar-refractivity contribution in [2.75, 3.05) is 0 Å². The van der Waals surface area contributed by atoms with Crippen molar-refractivity contribution in [1.82, 2.24) is 5.32 Å². The van der Waals surface area contributed by atoms with E-state index in [0.717, 1.165) is 23.7 Å². The molecule has 2 N–H and O–H groups in total. The second-order valence-electron chi connectivity index (χ2n) is 4.51. The van der Waals surface area contributed by atoms with Gasteiger partial charge in [-0.15, -0.1) is 0 Å². The first-order valence-corrected chi connectivity index (χ1v) is 6.66. The van der Waals surface area contributed by atoms with Gasteiger partial charge in [0.1, 0.15) is 0 Å². The largest absolute Gasteiger partial charge is 0.392 e. The Morgan fingerprint density at radius 3 is 2.75 bits per heavy atom. The van der Waals surface area contributed by atoms with E-state index in [1.807, 2.05) is 12.1 Å². The van der Waals surface area contributed by atoms with Crippen molar-refractivity contribution >= 4 is 15.9 Å². The maximum absolute atomic E-state index is 9.78. The van der Waals surface area contributed by atoms with Crippen LogP contribution in [0, 0.1) is 0 Å². The molecule has 0 bridgehead atoms. The molecule has 0 radical (unpaired) electrons. The predicted molar refractivity (Wildman–Crippen MR) is 69.3 cm³/mol. The molecular formula is C13H18BrNO. The second kappa shape index (κ2) is 5.30. The molecule has 0 aliphatic heterocycles. The summed E-state index contributed by atoms with van der Waals surface area (Å²) >= 11 is 3.56. The van der Waals surface area contributed by atoms with Gasteiger partial charge < -0.3 is 10.4 Å². The number of benzene rings is 1. The molecule has 88 valence electrons. The van der Waals surface area contributed by atoms with Crippen LogP contribution in [0.2, 0.25) is 0 Å². The van der Waals surface area contributed by atoms with Crippen LogP contribution in [0.3, 0.4) is 0 Å². The number of aliphatic hydroxyl groups is 1. The summed E-state index contributed by atoms with van der Waals surface area (Å²) in [5, 5.41) is 13.3. The highest BCUT2D eigenvalue weighted by Gasteiger charge is 2.26. The van der Waals surface area contributed by atoms with Gasteiger partial charge >= 0.3 is 0 Å². The maximum Gasteiger partial charge on any atom is 0.0693 e. The Hall–Kier alpha value is -0.380. The molecule has 0 saturated heterocycles. The minimum atomic E-state index is -0.176. The molecule has 1 fully saturated rings. The standard InChI is InChI=1S/C13H18BrNO/c1-9(10-5-2-3-6-11(10)14)15-12-7-4-8-13(12)16/h2-3,5-6,9,12-13,15-16H,4,7-8H2,1H3/t9-,12?,13?/m1/s1. The maximum atomic E-state index is 9.78. The van der Waals surface area contributed by atoms with E-state index in [1.165, 1.54) is 5.56 Å². The fourth-order valence-electron chi connectivity index (χ4n) is 2.37. The van der Waals surface area contributed by atoms with Crippen LogP contribution in [-0.4, -0.2) is 17.3 Å². The van der Waals surface area contributed by atoms with Crippen molar-refractivity contribution in [2.24, 2.45) is 0 Å². The van der Waals surface area contributed by atoms with Crippen molar-refractivity contribution in [3.63, 3.8) is 0 Å². The van der Waals surface area contributed by atoms with E-state index >= 15 is 0 Å². The highest BCUT2D eigenvalue weighted by molar-refractivity contribution is 9.10. The summed E-state index contributed by atoms with van der Waals surface area (Å²) in [6.07, 6.45) is 2.96. The van der Waals surface area contributed by atoms with Crippen molar-refractivity contribution < 1.29 is 5.11 Å². The van der Waals surface area contributed by atoms with Crippen LogP contribution in [0.25, 0.3) is 0 Å². The van der Waals surface area contributed by atoms with Crippen LogP contribution in [0.1, 0.15) is 37.8 Å². The molecule has 2 unspecified atom stereocenters. The molecule has 2 rings (SSSR count). The Kier molecular flexibility index (Phi) is 4.00. The van der Waals surface area contributed by atoms with Gasteiger partial charge in [-0.05, 0) is 37.8 Å². The summed E-state index contributed by atoms with van der Waals surface area (Å²) in [6, 6.07) is 8.76. The Morgan fingerprint density at radius 2 is 2.12 bits per heavy atom. The van der Waals surface area contributed by atoms with Gasteiger partial charge in [-0.3, -0.25) is 0 Å². The molecule has 0 aromatic heterocycles. The third-order valence-corrected chi connectivity index (χ3v) is 4.04. The third-order valence-electron chi connectivity index (χ3n) is 3.32. The van der Waals surface area contributed by atoms with Crippen LogP contribution in [0.4, 0.5) is 0 Å². The molecule has 0 amide bonds. The first-order chi connectivity index (χ1) is 7.68. The lowest BCUT2D eigenvalue weighted by Gasteiger charge is -2.23. The van der Waals surface area contributed by atoms with Gasteiger partial charge in [0.25, 0.3) is 0 Å². The van der Waals surface area contributed by atoms with Gasteiger partial charge in [0.2, 0.25) is 0 Å². The van der Waals surface area contributed by atoms with E-state index in [1.54, 1.807) is 0 Å². The summed E-state index contributed by atoms with van der Waals surface area (Å²) in [5.74, 6) is 0. The van der Waals surface area contributed by atoms with E-state index in [4.69, 9.17) is 0 Å². The predicted octanol–water partition coefficient (Wildman–Crippen LogP) is 3.01. The van der Waals surface area contributed by atoms with Crippen molar-refractivity contribution in [1.29, 1.82) is 0 Å². The number of aliphatic hydroxyl groups excluding tert-OH is 1. The number of hydrogen-bond donors (Lipinski definition) is 2. The third kappa shape index (κ3) is 2.65. The van der Waals surface area contributed by atoms with Gasteiger partial charge in [-0.2, -0.15) is 0 Å². The average Bonchev–Trinajstić information content (AvgIpc) is 2.65. The molecule has 1 aromatic carbocycles. The minimum Gasteiger partial charge on any atom is -0.392 e. The smallest absolute Gasteiger partial charge is 0.0693 e.